The molecule has 0 fully saturated rings. The summed E-state index contributed by atoms with van der Waals surface area (Å²) in [4.78, 5) is 16.2. The van der Waals surface area contributed by atoms with Gasteiger partial charge in [0, 0.05) is 30.6 Å². The number of hydrogen-bond acceptors (Lipinski definition) is 3. The third kappa shape index (κ3) is 3.56. The van der Waals surface area contributed by atoms with E-state index in [4.69, 9.17) is 0 Å². The maximum absolute atomic E-state index is 12.0. The highest BCUT2D eigenvalue weighted by atomic mass is 16.1. The Morgan fingerprint density at radius 1 is 1.38 bits per heavy atom. The lowest BCUT2D eigenvalue weighted by Gasteiger charge is -2.11. The van der Waals surface area contributed by atoms with Crippen LogP contribution in [0.3, 0.4) is 0 Å². The van der Waals surface area contributed by atoms with Gasteiger partial charge in [0.1, 0.15) is 0 Å². The molecule has 0 radical (unpaired) electrons. The average Bonchev–Trinajstić information content (AvgIpc) is 2.71. The molecule has 2 aromatic rings. The van der Waals surface area contributed by atoms with Crippen LogP contribution in [0.5, 0.6) is 0 Å². The van der Waals surface area contributed by atoms with Gasteiger partial charge in [0.05, 0.1) is 17.4 Å². The first kappa shape index (κ1) is 15.0. The molecule has 0 aliphatic rings. The number of carbonyl (C=O) groups excluding carboxylic acids is 1. The molecule has 1 amide bonds. The third-order valence-electron chi connectivity index (χ3n) is 3.46. The zero-order valence-electron chi connectivity index (χ0n) is 12.8. The zero-order valence-corrected chi connectivity index (χ0v) is 12.8. The summed E-state index contributed by atoms with van der Waals surface area (Å²) >= 11 is 0. The van der Waals surface area contributed by atoms with Crippen LogP contribution in [0.2, 0.25) is 0 Å². The summed E-state index contributed by atoms with van der Waals surface area (Å²) in [7, 11) is 1.89. The molecule has 0 saturated heterocycles. The topological polar surface area (TPSA) is 59.8 Å². The van der Waals surface area contributed by atoms with E-state index in [2.05, 4.69) is 15.4 Å². The summed E-state index contributed by atoms with van der Waals surface area (Å²) in [6.07, 6.45) is 5.06. The van der Waals surface area contributed by atoms with Crippen LogP contribution in [0, 0.1) is 13.8 Å². The molecule has 0 spiro atoms. The predicted molar refractivity (Wildman–Crippen MR) is 82.5 cm³/mol. The van der Waals surface area contributed by atoms with E-state index in [1.54, 1.807) is 12.3 Å². The standard InChI is InChI=1S/C16H20N4O/c1-11-14(13(3)20(4)19-11)8-9-16(21)18-12(2)15-7-5-6-10-17-15/h5-10,12H,1-4H3,(H,18,21)/b9-8+. The number of aromatic nitrogens is 3. The molecule has 110 valence electrons. The number of rotatable bonds is 4. The fourth-order valence-electron chi connectivity index (χ4n) is 2.16. The molecule has 0 aliphatic carbocycles. The maximum Gasteiger partial charge on any atom is 0.244 e. The van der Waals surface area contributed by atoms with Crippen molar-refractivity contribution in [2.45, 2.75) is 26.8 Å². The minimum Gasteiger partial charge on any atom is -0.344 e. The fourth-order valence-corrected chi connectivity index (χ4v) is 2.16. The number of pyridine rings is 1. The third-order valence-corrected chi connectivity index (χ3v) is 3.46. The first-order valence-corrected chi connectivity index (χ1v) is 6.88. The zero-order chi connectivity index (χ0) is 15.4. The lowest BCUT2D eigenvalue weighted by Crippen LogP contribution is -2.25. The van der Waals surface area contributed by atoms with E-state index in [9.17, 15) is 4.79 Å². The van der Waals surface area contributed by atoms with E-state index in [0.29, 0.717) is 0 Å². The van der Waals surface area contributed by atoms with E-state index in [1.165, 1.54) is 6.08 Å². The van der Waals surface area contributed by atoms with Crippen molar-refractivity contribution in [2.24, 2.45) is 7.05 Å². The van der Waals surface area contributed by atoms with Gasteiger partial charge in [0.15, 0.2) is 0 Å². The van der Waals surface area contributed by atoms with Gasteiger partial charge in [-0.1, -0.05) is 6.07 Å². The van der Waals surface area contributed by atoms with Gasteiger partial charge in [0.25, 0.3) is 0 Å². The molecular weight excluding hydrogens is 264 g/mol. The van der Waals surface area contributed by atoms with E-state index in [0.717, 1.165) is 22.6 Å². The Hall–Kier alpha value is -2.43. The second-order valence-corrected chi connectivity index (χ2v) is 5.03. The van der Waals surface area contributed by atoms with Crippen molar-refractivity contribution in [3.05, 3.63) is 53.1 Å². The van der Waals surface area contributed by atoms with Crippen molar-refractivity contribution in [2.75, 3.05) is 0 Å². The molecule has 1 atom stereocenters. The van der Waals surface area contributed by atoms with Gasteiger partial charge < -0.3 is 5.32 Å². The lowest BCUT2D eigenvalue weighted by molar-refractivity contribution is -0.117. The first-order chi connectivity index (χ1) is 9.99. The van der Waals surface area contributed by atoms with Crippen LogP contribution in [0.25, 0.3) is 6.08 Å². The monoisotopic (exact) mass is 284 g/mol. The van der Waals surface area contributed by atoms with E-state index in [-0.39, 0.29) is 11.9 Å². The van der Waals surface area contributed by atoms with Crippen LogP contribution in [0.15, 0.2) is 30.5 Å². The van der Waals surface area contributed by atoms with Crippen molar-refractivity contribution in [1.82, 2.24) is 20.1 Å². The van der Waals surface area contributed by atoms with Crippen LogP contribution >= 0.6 is 0 Å². The van der Waals surface area contributed by atoms with E-state index in [1.807, 2.05) is 50.7 Å². The Balaban J connectivity index is 2.03. The highest BCUT2D eigenvalue weighted by Crippen LogP contribution is 2.14. The van der Waals surface area contributed by atoms with Crippen molar-refractivity contribution in [1.29, 1.82) is 0 Å². The van der Waals surface area contributed by atoms with Crippen LogP contribution < -0.4 is 5.32 Å². The summed E-state index contributed by atoms with van der Waals surface area (Å²) in [5.74, 6) is -0.143. The van der Waals surface area contributed by atoms with Gasteiger partial charge in [-0.15, -0.1) is 0 Å². The Morgan fingerprint density at radius 3 is 2.71 bits per heavy atom. The lowest BCUT2D eigenvalue weighted by atomic mass is 10.1. The molecular formula is C16H20N4O. The normalized spacial score (nSPS) is 12.6. The molecule has 1 N–H and O–H groups in total. The molecule has 0 aromatic carbocycles. The fraction of sp³-hybridized carbons (Fsp3) is 0.312. The number of hydrogen-bond donors (Lipinski definition) is 1. The minimum atomic E-state index is -0.143. The second-order valence-electron chi connectivity index (χ2n) is 5.03. The number of amides is 1. The molecule has 0 aliphatic heterocycles. The van der Waals surface area contributed by atoms with Gasteiger partial charge in [-0.05, 0) is 39.0 Å². The Kier molecular flexibility index (Phi) is 4.52. The quantitative estimate of drug-likeness (QED) is 0.877. The predicted octanol–water partition coefficient (Wildman–Crippen LogP) is 2.32. The number of nitrogens with zero attached hydrogens (tertiary/aromatic N) is 3. The van der Waals surface area contributed by atoms with E-state index >= 15 is 0 Å². The van der Waals surface area contributed by atoms with Gasteiger partial charge in [-0.2, -0.15) is 5.10 Å². The largest absolute Gasteiger partial charge is 0.344 e. The van der Waals surface area contributed by atoms with Crippen LogP contribution in [0.4, 0.5) is 0 Å². The highest BCUT2D eigenvalue weighted by molar-refractivity contribution is 5.92. The summed E-state index contributed by atoms with van der Waals surface area (Å²) in [6, 6.07) is 5.53. The molecule has 0 saturated carbocycles. The molecule has 5 heteroatoms. The van der Waals surface area contributed by atoms with Crippen molar-refractivity contribution in [3.8, 4) is 0 Å². The molecule has 1 unspecified atom stereocenters. The number of carbonyl (C=O) groups is 1. The summed E-state index contributed by atoms with van der Waals surface area (Å²) in [5.41, 5.74) is 3.78. The molecule has 5 nitrogen and oxygen atoms in total. The van der Waals surface area contributed by atoms with Crippen LogP contribution in [0.1, 0.15) is 35.6 Å². The van der Waals surface area contributed by atoms with Crippen LogP contribution in [-0.2, 0) is 11.8 Å². The van der Waals surface area contributed by atoms with Crippen LogP contribution in [-0.4, -0.2) is 20.7 Å². The average molecular weight is 284 g/mol. The van der Waals surface area contributed by atoms with Crippen molar-refractivity contribution in [3.63, 3.8) is 0 Å². The first-order valence-electron chi connectivity index (χ1n) is 6.88. The smallest absolute Gasteiger partial charge is 0.244 e. The Morgan fingerprint density at radius 2 is 2.14 bits per heavy atom. The van der Waals surface area contributed by atoms with Crippen molar-refractivity contribution >= 4 is 12.0 Å². The summed E-state index contributed by atoms with van der Waals surface area (Å²) in [5, 5.41) is 7.22. The molecule has 2 rings (SSSR count). The van der Waals surface area contributed by atoms with Gasteiger partial charge in [-0.3, -0.25) is 14.5 Å². The molecule has 2 aromatic heterocycles. The SMILES string of the molecule is Cc1nn(C)c(C)c1/C=C/C(=O)NC(C)c1ccccn1. The van der Waals surface area contributed by atoms with Gasteiger partial charge >= 0.3 is 0 Å². The minimum absolute atomic E-state index is 0.126. The molecule has 2 heterocycles. The summed E-state index contributed by atoms with van der Waals surface area (Å²) < 4.78 is 1.81. The van der Waals surface area contributed by atoms with Gasteiger partial charge in [0.2, 0.25) is 5.91 Å². The Labute approximate surface area is 124 Å². The summed E-state index contributed by atoms with van der Waals surface area (Å²) in [6.45, 7) is 5.82. The Bertz CT molecular complexity index is 658. The van der Waals surface area contributed by atoms with E-state index < -0.39 is 0 Å². The van der Waals surface area contributed by atoms with Gasteiger partial charge in [-0.25, -0.2) is 0 Å². The second kappa shape index (κ2) is 6.35. The molecule has 21 heavy (non-hydrogen) atoms. The van der Waals surface area contributed by atoms with Crippen molar-refractivity contribution < 1.29 is 4.79 Å². The molecule has 0 bridgehead atoms. The highest BCUT2D eigenvalue weighted by Gasteiger charge is 2.09. The number of aryl methyl sites for hydroxylation is 2. The maximum atomic E-state index is 12.0. The number of nitrogens with one attached hydrogen (secondary N) is 1.